The van der Waals surface area contributed by atoms with Gasteiger partial charge in [-0.1, -0.05) is 108 Å². The second-order valence-electron chi connectivity index (χ2n) is 10.8. The number of benzene rings is 3. The van der Waals surface area contributed by atoms with Crippen molar-refractivity contribution >= 4 is 33.7 Å². The molecule has 0 saturated heterocycles. The molecule has 0 aromatic heterocycles. The zero-order chi connectivity index (χ0) is 29.2. The summed E-state index contributed by atoms with van der Waals surface area (Å²) in [5.74, 6) is -2.74. The van der Waals surface area contributed by atoms with Crippen LogP contribution in [0.15, 0.2) is 89.4 Å². The number of amides is 2. The van der Waals surface area contributed by atoms with Crippen LogP contribution in [0.25, 0.3) is 0 Å². The van der Waals surface area contributed by atoms with E-state index in [0.29, 0.717) is 31.5 Å². The van der Waals surface area contributed by atoms with Gasteiger partial charge in [-0.15, -0.1) is 0 Å². The molecule has 3 atom stereocenters. The van der Waals surface area contributed by atoms with Crippen LogP contribution in [0.2, 0.25) is 0 Å². The number of hydrogen-bond donors (Lipinski definition) is 2. The molecule has 3 aromatic carbocycles. The quantitative estimate of drug-likeness (QED) is 0.230. The molecule has 41 heavy (non-hydrogen) atoms. The predicted octanol–water partition coefficient (Wildman–Crippen LogP) is 6.96. The number of carbonyl (C=O) groups is 3. The topological polar surface area (TPSA) is 86.7 Å². The Morgan fingerprint density at radius 1 is 0.829 bits per heavy atom. The Balaban J connectivity index is 1.59. The van der Waals surface area contributed by atoms with Crippen LogP contribution in [0, 0.1) is 11.8 Å². The third-order valence-corrected chi connectivity index (χ3v) is 8.58. The van der Waals surface area contributed by atoms with Gasteiger partial charge in [-0.05, 0) is 54.5 Å². The molecule has 1 unspecified atom stereocenters. The molecule has 2 N–H and O–H groups in total. The van der Waals surface area contributed by atoms with E-state index < -0.39 is 23.8 Å². The number of aliphatic carboxylic acids is 1. The van der Waals surface area contributed by atoms with Gasteiger partial charge in [-0.2, -0.15) is 0 Å². The van der Waals surface area contributed by atoms with Gasteiger partial charge in [0, 0.05) is 23.5 Å². The summed E-state index contributed by atoms with van der Waals surface area (Å²) in [5, 5.41) is 12.7. The van der Waals surface area contributed by atoms with Crippen LogP contribution in [-0.2, 0) is 14.4 Å². The van der Waals surface area contributed by atoms with Gasteiger partial charge in [0.05, 0.1) is 11.8 Å². The maximum Gasteiger partial charge on any atom is 0.307 e. The van der Waals surface area contributed by atoms with Crippen LogP contribution in [0.4, 0.5) is 0 Å². The van der Waals surface area contributed by atoms with E-state index in [2.05, 4.69) is 45.5 Å². The standard InChI is InChI=1S/C34H39BrN2O4/c1-2-22-37(23-21-28(24-11-5-3-6-12-24)25-13-7-4-8-14-25)33(39)31(26-17-19-27(35)20-18-26)36-32(38)29-15-9-10-16-30(29)34(40)41/h3-8,11-14,17-20,28-31H,2,9-10,15-16,21-23H2,1H3,(H,36,38)(H,40,41)/t29-,30-,31?/m1/s1. The third-order valence-electron chi connectivity index (χ3n) is 8.05. The van der Waals surface area contributed by atoms with Crippen molar-refractivity contribution in [3.63, 3.8) is 0 Å². The largest absolute Gasteiger partial charge is 0.481 e. The van der Waals surface area contributed by atoms with Crippen molar-refractivity contribution in [2.75, 3.05) is 13.1 Å². The van der Waals surface area contributed by atoms with Gasteiger partial charge >= 0.3 is 5.97 Å². The lowest BCUT2D eigenvalue weighted by Gasteiger charge is -2.32. The molecule has 2 amide bonds. The van der Waals surface area contributed by atoms with Crippen LogP contribution in [0.1, 0.15) is 74.1 Å². The van der Waals surface area contributed by atoms with Gasteiger partial charge in [0.2, 0.25) is 11.8 Å². The molecule has 1 aliphatic carbocycles. The van der Waals surface area contributed by atoms with Crippen LogP contribution in [0.5, 0.6) is 0 Å². The van der Waals surface area contributed by atoms with Crippen molar-refractivity contribution in [1.82, 2.24) is 10.2 Å². The minimum Gasteiger partial charge on any atom is -0.481 e. The average Bonchev–Trinajstić information content (AvgIpc) is 3.00. The monoisotopic (exact) mass is 618 g/mol. The van der Waals surface area contributed by atoms with Gasteiger partial charge in [-0.25, -0.2) is 0 Å². The van der Waals surface area contributed by atoms with E-state index in [0.717, 1.165) is 30.2 Å². The Labute approximate surface area is 251 Å². The Bertz CT molecular complexity index is 1240. The molecule has 7 heteroatoms. The first-order chi connectivity index (χ1) is 19.9. The van der Waals surface area contributed by atoms with Crippen LogP contribution in [-0.4, -0.2) is 40.9 Å². The molecular formula is C34H39BrN2O4. The van der Waals surface area contributed by atoms with Crippen LogP contribution in [0.3, 0.4) is 0 Å². The van der Waals surface area contributed by atoms with Gasteiger partial charge in [-0.3, -0.25) is 14.4 Å². The summed E-state index contributed by atoms with van der Waals surface area (Å²) >= 11 is 3.46. The second kappa shape index (κ2) is 15.0. The maximum atomic E-state index is 14.2. The van der Waals surface area contributed by atoms with Gasteiger partial charge < -0.3 is 15.3 Å². The van der Waals surface area contributed by atoms with Crippen molar-refractivity contribution in [1.29, 1.82) is 0 Å². The summed E-state index contributed by atoms with van der Waals surface area (Å²) in [6.45, 7) is 3.11. The van der Waals surface area contributed by atoms with Crippen LogP contribution < -0.4 is 5.32 Å². The summed E-state index contributed by atoms with van der Waals surface area (Å²) in [7, 11) is 0. The predicted molar refractivity (Wildman–Crippen MR) is 164 cm³/mol. The molecular weight excluding hydrogens is 580 g/mol. The van der Waals surface area contributed by atoms with Crippen LogP contribution >= 0.6 is 15.9 Å². The van der Waals surface area contributed by atoms with Gasteiger partial charge in [0.1, 0.15) is 6.04 Å². The molecule has 0 radical (unpaired) electrons. The van der Waals surface area contributed by atoms with Crippen molar-refractivity contribution in [3.05, 3.63) is 106 Å². The molecule has 1 aliphatic rings. The number of halogens is 1. The van der Waals surface area contributed by atoms with Crippen molar-refractivity contribution in [2.24, 2.45) is 11.8 Å². The van der Waals surface area contributed by atoms with Gasteiger partial charge in [0.15, 0.2) is 0 Å². The number of nitrogens with one attached hydrogen (secondary N) is 1. The van der Waals surface area contributed by atoms with Gasteiger partial charge in [0.25, 0.3) is 0 Å². The summed E-state index contributed by atoms with van der Waals surface area (Å²) in [5.41, 5.74) is 3.06. The fourth-order valence-corrected chi connectivity index (χ4v) is 6.16. The third kappa shape index (κ3) is 8.07. The average molecular weight is 620 g/mol. The van der Waals surface area contributed by atoms with E-state index in [-0.39, 0.29) is 17.7 Å². The fraction of sp³-hybridized carbons (Fsp3) is 0.382. The fourth-order valence-electron chi connectivity index (χ4n) is 5.90. The molecule has 0 bridgehead atoms. The van der Waals surface area contributed by atoms with Crippen molar-refractivity contribution < 1.29 is 19.5 Å². The van der Waals surface area contributed by atoms with E-state index in [1.807, 2.05) is 72.5 Å². The lowest BCUT2D eigenvalue weighted by Crippen LogP contribution is -2.47. The van der Waals surface area contributed by atoms with E-state index >= 15 is 0 Å². The highest BCUT2D eigenvalue weighted by molar-refractivity contribution is 9.10. The lowest BCUT2D eigenvalue weighted by atomic mass is 9.78. The highest BCUT2D eigenvalue weighted by Crippen LogP contribution is 2.32. The Hall–Kier alpha value is -3.45. The summed E-state index contributed by atoms with van der Waals surface area (Å²) < 4.78 is 0.871. The summed E-state index contributed by atoms with van der Waals surface area (Å²) in [6, 6.07) is 27.1. The Kier molecular flexibility index (Phi) is 11.1. The number of hydrogen-bond acceptors (Lipinski definition) is 3. The van der Waals surface area contributed by atoms with E-state index in [1.165, 1.54) is 11.1 Å². The normalized spacial score (nSPS) is 17.5. The molecule has 6 nitrogen and oxygen atoms in total. The molecule has 0 heterocycles. The highest BCUT2D eigenvalue weighted by Gasteiger charge is 2.38. The number of nitrogens with zero attached hydrogens (tertiary/aromatic N) is 1. The molecule has 1 saturated carbocycles. The molecule has 216 valence electrons. The molecule has 0 spiro atoms. The minimum absolute atomic E-state index is 0.115. The van der Waals surface area contributed by atoms with Crippen molar-refractivity contribution in [2.45, 2.75) is 57.4 Å². The first-order valence-corrected chi connectivity index (χ1v) is 15.4. The zero-order valence-electron chi connectivity index (χ0n) is 23.5. The van der Waals surface area contributed by atoms with E-state index in [4.69, 9.17) is 0 Å². The first kappa shape index (κ1) is 30.5. The first-order valence-electron chi connectivity index (χ1n) is 14.6. The number of rotatable bonds is 12. The smallest absolute Gasteiger partial charge is 0.307 e. The number of carbonyl (C=O) groups excluding carboxylic acids is 2. The summed E-state index contributed by atoms with van der Waals surface area (Å²) in [4.78, 5) is 41.5. The molecule has 4 rings (SSSR count). The molecule has 0 aliphatic heterocycles. The van der Waals surface area contributed by atoms with Crippen molar-refractivity contribution in [3.8, 4) is 0 Å². The second-order valence-corrected chi connectivity index (χ2v) is 11.7. The van der Waals surface area contributed by atoms with E-state index in [1.54, 1.807) is 0 Å². The van der Waals surface area contributed by atoms with E-state index in [9.17, 15) is 19.5 Å². The Morgan fingerprint density at radius 3 is 1.93 bits per heavy atom. The number of carboxylic acid groups (broad SMARTS) is 1. The highest BCUT2D eigenvalue weighted by atomic mass is 79.9. The lowest BCUT2D eigenvalue weighted by molar-refractivity contribution is -0.149. The minimum atomic E-state index is -0.947. The maximum absolute atomic E-state index is 14.2. The summed E-state index contributed by atoms with van der Waals surface area (Å²) in [6.07, 6.45) is 4.10. The number of carboxylic acids is 1. The molecule has 1 fully saturated rings. The molecule has 3 aromatic rings. The Morgan fingerprint density at radius 2 is 1.39 bits per heavy atom. The zero-order valence-corrected chi connectivity index (χ0v) is 25.1. The SMILES string of the molecule is CCCN(CCC(c1ccccc1)c1ccccc1)C(=O)C(NC(=O)[C@@H]1CCCC[C@H]1C(=O)O)c1ccc(Br)cc1.